The Morgan fingerprint density at radius 2 is 1.56 bits per heavy atom. The van der Waals surface area contributed by atoms with E-state index in [4.69, 9.17) is 0 Å². The van der Waals surface area contributed by atoms with Crippen molar-refractivity contribution in [2.24, 2.45) is 5.92 Å². The zero-order chi connectivity index (χ0) is 35.0. The Labute approximate surface area is 292 Å². The third-order valence-corrected chi connectivity index (χ3v) is 11.2. The van der Waals surface area contributed by atoms with E-state index in [-0.39, 0.29) is 35.5 Å². The number of likely N-dealkylation sites (tertiary alicyclic amines) is 2. The van der Waals surface area contributed by atoms with Gasteiger partial charge < -0.3 is 19.6 Å². The minimum atomic E-state index is -4.57. The highest BCUT2D eigenvalue weighted by atomic mass is 19.4. The van der Waals surface area contributed by atoms with Gasteiger partial charge in [0.15, 0.2) is 0 Å². The fraction of sp³-hybridized carbons (Fsp3) is 0.526. The maximum atomic E-state index is 14.3. The van der Waals surface area contributed by atoms with Crippen molar-refractivity contribution < 1.29 is 22.8 Å². The van der Waals surface area contributed by atoms with Gasteiger partial charge in [0.1, 0.15) is 0 Å². The van der Waals surface area contributed by atoms with Crippen LogP contribution in [-0.2, 0) is 19.1 Å². The van der Waals surface area contributed by atoms with Gasteiger partial charge in [0.2, 0.25) is 5.95 Å². The molecule has 4 saturated heterocycles. The van der Waals surface area contributed by atoms with Gasteiger partial charge in [-0.25, -0.2) is 9.97 Å². The molecule has 12 heteroatoms. The molecule has 2 aromatic carbocycles. The van der Waals surface area contributed by atoms with E-state index in [0.29, 0.717) is 44.2 Å². The Bertz CT molecular complexity index is 1680. The van der Waals surface area contributed by atoms with E-state index in [1.165, 1.54) is 6.07 Å². The number of carbonyl (C=O) groups excluding carboxylic acids is 2. The van der Waals surface area contributed by atoms with E-state index in [0.717, 1.165) is 75.0 Å². The molecule has 1 aromatic heterocycles. The molecule has 4 aliphatic rings. The van der Waals surface area contributed by atoms with Crippen molar-refractivity contribution in [3.8, 4) is 0 Å². The first kappa shape index (κ1) is 34.4. The molecule has 3 aromatic rings. The number of fused-ring (bicyclic) bond motifs is 1. The van der Waals surface area contributed by atoms with Crippen LogP contribution in [0.3, 0.4) is 0 Å². The quantitative estimate of drug-likeness (QED) is 0.339. The van der Waals surface area contributed by atoms with Crippen LogP contribution in [0.25, 0.3) is 0 Å². The molecule has 7 rings (SSSR count). The average Bonchev–Trinajstić information content (AvgIpc) is 3.73. The second kappa shape index (κ2) is 14.3. The lowest BCUT2D eigenvalue weighted by atomic mass is 9.88. The number of aryl methyl sites for hydroxylation is 1. The number of benzene rings is 2. The van der Waals surface area contributed by atoms with Gasteiger partial charge in [-0.2, -0.15) is 13.2 Å². The smallest absolute Gasteiger partial charge is 0.341 e. The summed E-state index contributed by atoms with van der Waals surface area (Å²) >= 11 is 0. The Morgan fingerprint density at radius 1 is 0.840 bits per heavy atom. The van der Waals surface area contributed by atoms with Crippen LogP contribution in [0.2, 0.25) is 0 Å². The van der Waals surface area contributed by atoms with E-state index in [2.05, 4.69) is 32.8 Å². The number of piperazine rings is 1. The maximum Gasteiger partial charge on any atom is 0.416 e. The molecule has 9 nitrogen and oxygen atoms in total. The topological polar surface area (TPSA) is 76.1 Å². The molecule has 2 atom stereocenters. The molecule has 4 fully saturated rings. The molecular weight excluding hydrogens is 643 g/mol. The first-order valence-electron chi connectivity index (χ1n) is 17.9. The van der Waals surface area contributed by atoms with Gasteiger partial charge in [-0.1, -0.05) is 25.1 Å². The van der Waals surface area contributed by atoms with E-state index < -0.39 is 17.6 Å². The van der Waals surface area contributed by atoms with E-state index >= 15 is 0 Å². The van der Waals surface area contributed by atoms with Crippen molar-refractivity contribution in [1.29, 1.82) is 0 Å². The fourth-order valence-corrected chi connectivity index (χ4v) is 8.12. The van der Waals surface area contributed by atoms with Crippen LogP contribution in [0.5, 0.6) is 0 Å². The molecule has 266 valence electrons. The van der Waals surface area contributed by atoms with E-state index in [1.807, 2.05) is 47.4 Å². The number of likely N-dealkylation sites (N-methyl/N-ethyl adjacent to an activating group) is 1. The average molecular weight is 690 g/mol. The number of hydrogen-bond donors (Lipinski definition) is 0. The molecular formula is C38H46F3N7O2. The molecule has 2 amide bonds. The molecule has 0 aliphatic carbocycles. The van der Waals surface area contributed by atoms with Crippen LogP contribution in [-0.4, -0.2) is 113 Å². The number of piperidine rings is 1. The van der Waals surface area contributed by atoms with Crippen LogP contribution in [0.1, 0.15) is 75.1 Å². The molecule has 0 unspecified atom stereocenters. The monoisotopic (exact) mass is 689 g/mol. The Morgan fingerprint density at radius 3 is 2.26 bits per heavy atom. The number of rotatable bonds is 7. The third kappa shape index (κ3) is 7.23. The first-order chi connectivity index (χ1) is 24.1. The number of amides is 2. The Hall–Kier alpha value is -4.03. The molecule has 0 N–H and O–H groups in total. The largest absolute Gasteiger partial charge is 0.416 e. The van der Waals surface area contributed by atoms with E-state index in [1.54, 1.807) is 11.0 Å². The highest BCUT2D eigenvalue weighted by molar-refractivity contribution is 5.96. The molecule has 0 radical (unpaired) electrons. The second-order valence-corrected chi connectivity index (χ2v) is 14.4. The normalized spacial score (nSPS) is 22.3. The molecule has 0 saturated carbocycles. The standard InChI is InChI=1S/C38H46F3N7O2/c1-3-26-21-42-37(43-22-26)46-12-9-27(10-13-46)28-5-4-6-29(19-28)35(49)47-24-32-11-14-48(34(32)25-47)36(50)30-7-8-31(33(20-30)38(39,40)41)23-45-17-15-44(2)16-18-45/h4-8,19-22,27,32,34H,3,9-18,23-25H2,1-2H3/t32-,34+/m0/s1. The lowest BCUT2D eigenvalue weighted by molar-refractivity contribution is -0.138. The predicted molar refractivity (Wildman–Crippen MR) is 185 cm³/mol. The van der Waals surface area contributed by atoms with Gasteiger partial charge in [-0.15, -0.1) is 0 Å². The summed E-state index contributed by atoms with van der Waals surface area (Å²) < 4.78 is 42.8. The van der Waals surface area contributed by atoms with Crippen molar-refractivity contribution in [2.45, 2.75) is 57.3 Å². The summed E-state index contributed by atoms with van der Waals surface area (Å²) in [6.45, 7) is 8.39. The van der Waals surface area contributed by atoms with Crippen LogP contribution >= 0.6 is 0 Å². The van der Waals surface area contributed by atoms with Gasteiger partial charge in [-0.05, 0) is 79.6 Å². The number of alkyl halides is 3. The fourth-order valence-electron chi connectivity index (χ4n) is 8.12. The number of halogens is 3. The van der Waals surface area contributed by atoms with Crippen LogP contribution in [0, 0.1) is 5.92 Å². The van der Waals surface area contributed by atoms with Gasteiger partial charge >= 0.3 is 6.18 Å². The van der Waals surface area contributed by atoms with Gasteiger partial charge in [-0.3, -0.25) is 14.5 Å². The summed E-state index contributed by atoms with van der Waals surface area (Å²) in [6.07, 6.45) is 2.72. The van der Waals surface area contributed by atoms with Gasteiger partial charge in [0.05, 0.1) is 11.6 Å². The number of hydrogen-bond acceptors (Lipinski definition) is 7. The number of carbonyl (C=O) groups is 2. The lowest BCUT2D eigenvalue weighted by Gasteiger charge is -2.33. The Kier molecular flexibility index (Phi) is 9.85. The lowest BCUT2D eigenvalue weighted by Crippen LogP contribution is -2.44. The summed E-state index contributed by atoms with van der Waals surface area (Å²) in [5, 5.41) is 0. The second-order valence-electron chi connectivity index (χ2n) is 14.4. The summed E-state index contributed by atoms with van der Waals surface area (Å²) in [5.41, 5.74) is 2.39. The summed E-state index contributed by atoms with van der Waals surface area (Å²) in [6, 6.07) is 11.7. The number of nitrogens with zero attached hydrogens (tertiary/aromatic N) is 7. The van der Waals surface area contributed by atoms with Crippen molar-refractivity contribution in [2.75, 3.05) is 70.9 Å². The zero-order valence-corrected chi connectivity index (χ0v) is 28.9. The van der Waals surface area contributed by atoms with Gasteiger partial charge in [0, 0.05) is 94.9 Å². The first-order valence-corrected chi connectivity index (χ1v) is 17.9. The highest BCUT2D eigenvalue weighted by Gasteiger charge is 2.45. The summed E-state index contributed by atoms with van der Waals surface area (Å²) in [5.74, 6) is 0.722. The number of anilines is 1. The van der Waals surface area contributed by atoms with Crippen molar-refractivity contribution >= 4 is 17.8 Å². The molecule has 5 heterocycles. The molecule has 0 spiro atoms. The van der Waals surface area contributed by atoms with Crippen LogP contribution in [0.4, 0.5) is 19.1 Å². The molecule has 50 heavy (non-hydrogen) atoms. The number of aromatic nitrogens is 2. The summed E-state index contributed by atoms with van der Waals surface area (Å²) in [4.78, 5) is 46.5. The maximum absolute atomic E-state index is 14.3. The van der Waals surface area contributed by atoms with Crippen molar-refractivity contribution in [3.05, 3.63) is 88.2 Å². The minimum absolute atomic E-state index is 0.0492. The predicted octanol–water partition coefficient (Wildman–Crippen LogP) is 5.18. The summed E-state index contributed by atoms with van der Waals surface area (Å²) in [7, 11) is 2.01. The van der Waals surface area contributed by atoms with Gasteiger partial charge in [0.25, 0.3) is 11.8 Å². The van der Waals surface area contributed by atoms with Crippen LogP contribution in [0.15, 0.2) is 54.9 Å². The van der Waals surface area contributed by atoms with Crippen LogP contribution < -0.4 is 4.90 Å². The minimum Gasteiger partial charge on any atom is -0.341 e. The third-order valence-electron chi connectivity index (χ3n) is 11.2. The SMILES string of the molecule is CCc1cnc(N2CCC(c3cccc(C(=O)N4C[C@@H]5CCN(C(=O)c6ccc(CN7CCN(C)CC7)c(C(F)(F)F)c6)[C@@H]5C4)c3)CC2)nc1. The van der Waals surface area contributed by atoms with E-state index in [9.17, 15) is 22.8 Å². The van der Waals surface area contributed by atoms with Crippen molar-refractivity contribution in [3.63, 3.8) is 0 Å². The molecule has 4 aliphatic heterocycles. The zero-order valence-electron chi connectivity index (χ0n) is 28.9. The Balaban J connectivity index is 0.988. The molecule has 0 bridgehead atoms. The highest BCUT2D eigenvalue weighted by Crippen LogP contribution is 2.37. The van der Waals surface area contributed by atoms with Crippen molar-refractivity contribution in [1.82, 2.24) is 29.6 Å².